The Hall–Kier alpha value is -2.69. The van der Waals surface area contributed by atoms with Crippen LogP contribution in [0.25, 0.3) is 0 Å². The van der Waals surface area contributed by atoms with Crippen LogP contribution in [-0.2, 0) is 16.0 Å². The van der Waals surface area contributed by atoms with Gasteiger partial charge in [-0.1, -0.05) is 29.8 Å². The van der Waals surface area contributed by atoms with E-state index >= 15 is 0 Å². The number of amides is 1. The van der Waals surface area contributed by atoms with Crippen molar-refractivity contribution in [2.75, 3.05) is 0 Å². The van der Waals surface area contributed by atoms with Gasteiger partial charge in [0, 0.05) is 0 Å². The maximum atomic E-state index is 13.1. The second-order valence-electron chi connectivity index (χ2n) is 6.32. The van der Waals surface area contributed by atoms with Crippen LogP contribution in [0.15, 0.2) is 36.4 Å². The van der Waals surface area contributed by atoms with Gasteiger partial charge in [-0.2, -0.15) is 0 Å². The highest BCUT2D eigenvalue weighted by Crippen LogP contribution is 2.20. The zero-order valence-electron chi connectivity index (χ0n) is 14.6. The molecule has 1 atom stereocenters. The summed E-state index contributed by atoms with van der Waals surface area (Å²) in [6.07, 6.45) is -0.0848. The molecule has 2 aromatic rings. The van der Waals surface area contributed by atoms with Crippen LogP contribution in [0, 0.1) is 26.6 Å². The zero-order valence-corrected chi connectivity index (χ0v) is 14.6. The summed E-state index contributed by atoms with van der Waals surface area (Å²) in [6, 6.07) is 8.83. The maximum Gasteiger partial charge on any atom is 0.305 e. The molecule has 2 rings (SSSR count). The molecule has 0 aliphatic carbocycles. The van der Waals surface area contributed by atoms with Crippen molar-refractivity contribution in [2.24, 2.45) is 0 Å². The van der Waals surface area contributed by atoms with E-state index in [4.69, 9.17) is 5.11 Å². The molecule has 0 spiro atoms. The average Bonchev–Trinajstić information content (AvgIpc) is 2.50. The first-order chi connectivity index (χ1) is 11.8. The zero-order chi connectivity index (χ0) is 18.6. The van der Waals surface area contributed by atoms with E-state index in [1.54, 1.807) is 0 Å². The van der Waals surface area contributed by atoms with E-state index in [-0.39, 0.29) is 18.7 Å². The first-order valence-electron chi connectivity index (χ1n) is 8.09. The summed E-state index contributed by atoms with van der Waals surface area (Å²) in [5.74, 6) is -1.70. The van der Waals surface area contributed by atoms with Crippen LogP contribution < -0.4 is 5.32 Å². The van der Waals surface area contributed by atoms with E-state index in [9.17, 15) is 14.0 Å². The van der Waals surface area contributed by atoms with Crippen LogP contribution in [0.3, 0.4) is 0 Å². The van der Waals surface area contributed by atoms with Gasteiger partial charge in [-0.3, -0.25) is 9.59 Å². The highest BCUT2D eigenvalue weighted by Gasteiger charge is 2.19. The molecular formula is C20H22FNO3. The quantitative estimate of drug-likeness (QED) is 0.842. The summed E-state index contributed by atoms with van der Waals surface area (Å²) in [5.41, 5.74) is 4.70. The summed E-state index contributed by atoms with van der Waals surface area (Å²) in [4.78, 5) is 23.6. The number of benzene rings is 2. The number of carbonyl (C=O) groups is 2. The molecule has 132 valence electrons. The Morgan fingerprint density at radius 2 is 1.64 bits per heavy atom. The molecule has 2 aromatic carbocycles. The lowest BCUT2D eigenvalue weighted by atomic mass is 9.96. The molecule has 0 aliphatic rings. The van der Waals surface area contributed by atoms with Gasteiger partial charge in [-0.05, 0) is 55.2 Å². The van der Waals surface area contributed by atoms with E-state index in [1.165, 1.54) is 24.3 Å². The third kappa shape index (κ3) is 5.14. The van der Waals surface area contributed by atoms with Gasteiger partial charge in [0.1, 0.15) is 5.82 Å². The van der Waals surface area contributed by atoms with Crippen molar-refractivity contribution < 1.29 is 19.1 Å². The SMILES string of the molecule is Cc1cc(C)c(CC(=O)NC(CC(=O)O)c2ccc(F)cc2)c(C)c1. The van der Waals surface area contributed by atoms with Crippen LogP contribution in [0.2, 0.25) is 0 Å². The fourth-order valence-corrected chi connectivity index (χ4v) is 3.02. The standard InChI is InChI=1S/C20H22FNO3/c1-12-8-13(2)17(14(3)9-12)10-19(23)22-18(11-20(24)25)15-4-6-16(21)7-5-15/h4-9,18H,10-11H2,1-3H3,(H,22,23)(H,24,25). The monoisotopic (exact) mass is 343 g/mol. The Kier molecular flexibility index (Phi) is 5.91. The lowest BCUT2D eigenvalue weighted by molar-refractivity contribution is -0.137. The smallest absolute Gasteiger partial charge is 0.305 e. The molecule has 1 unspecified atom stereocenters. The van der Waals surface area contributed by atoms with Gasteiger partial charge in [-0.15, -0.1) is 0 Å². The van der Waals surface area contributed by atoms with Crippen molar-refractivity contribution in [1.82, 2.24) is 5.32 Å². The summed E-state index contributed by atoms with van der Waals surface area (Å²) in [5, 5.41) is 11.9. The van der Waals surface area contributed by atoms with Gasteiger partial charge >= 0.3 is 5.97 Å². The number of nitrogens with one attached hydrogen (secondary N) is 1. The fraction of sp³-hybridized carbons (Fsp3) is 0.300. The van der Waals surface area contributed by atoms with E-state index in [0.717, 1.165) is 22.3 Å². The van der Waals surface area contributed by atoms with Gasteiger partial charge in [0.2, 0.25) is 5.91 Å². The Bertz CT molecular complexity index is 761. The van der Waals surface area contributed by atoms with Crippen molar-refractivity contribution in [3.05, 3.63) is 70.0 Å². The number of aryl methyl sites for hydroxylation is 3. The fourth-order valence-electron chi connectivity index (χ4n) is 3.02. The minimum Gasteiger partial charge on any atom is -0.481 e. The van der Waals surface area contributed by atoms with Gasteiger partial charge in [0.15, 0.2) is 0 Å². The molecule has 0 aliphatic heterocycles. The second-order valence-corrected chi connectivity index (χ2v) is 6.32. The largest absolute Gasteiger partial charge is 0.481 e. The van der Waals surface area contributed by atoms with Crippen molar-refractivity contribution in [3.8, 4) is 0 Å². The van der Waals surface area contributed by atoms with Gasteiger partial charge in [-0.25, -0.2) is 4.39 Å². The summed E-state index contributed by atoms with van der Waals surface area (Å²) < 4.78 is 13.1. The lowest BCUT2D eigenvalue weighted by Gasteiger charge is -2.19. The normalized spacial score (nSPS) is 11.8. The van der Waals surface area contributed by atoms with Crippen molar-refractivity contribution >= 4 is 11.9 Å². The van der Waals surface area contributed by atoms with E-state index in [0.29, 0.717) is 5.56 Å². The van der Waals surface area contributed by atoms with Crippen molar-refractivity contribution in [1.29, 1.82) is 0 Å². The van der Waals surface area contributed by atoms with Crippen LogP contribution >= 0.6 is 0 Å². The van der Waals surface area contributed by atoms with Gasteiger partial charge < -0.3 is 10.4 Å². The summed E-state index contributed by atoms with van der Waals surface area (Å²) in [6.45, 7) is 5.91. The van der Waals surface area contributed by atoms with Crippen LogP contribution in [0.1, 0.15) is 40.3 Å². The summed E-state index contributed by atoms with van der Waals surface area (Å²) >= 11 is 0. The molecule has 1 amide bonds. The Balaban J connectivity index is 2.17. The highest BCUT2D eigenvalue weighted by molar-refractivity contribution is 5.80. The first-order valence-corrected chi connectivity index (χ1v) is 8.09. The van der Waals surface area contributed by atoms with Gasteiger partial charge in [0.25, 0.3) is 0 Å². The van der Waals surface area contributed by atoms with Gasteiger partial charge in [0.05, 0.1) is 18.9 Å². The lowest BCUT2D eigenvalue weighted by Crippen LogP contribution is -2.31. The Morgan fingerprint density at radius 3 is 2.16 bits per heavy atom. The van der Waals surface area contributed by atoms with Crippen LogP contribution in [0.5, 0.6) is 0 Å². The van der Waals surface area contributed by atoms with Crippen LogP contribution in [0.4, 0.5) is 4.39 Å². The van der Waals surface area contributed by atoms with E-state index < -0.39 is 17.8 Å². The second kappa shape index (κ2) is 7.92. The molecule has 0 aromatic heterocycles. The molecule has 25 heavy (non-hydrogen) atoms. The predicted octanol–water partition coefficient (Wildman–Crippen LogP) is 3.63. The number of hydrogen-bond donors (Lipinski definition) is 2. The predicted molar refractivity (Wildman–Crippen MR) is 93.9 cm³/mol. The molecular weight excluding hydrogens is 321 g/mol. The molecule has 0 saturated heterocycles. The summed E-state index contributed by atoms with van der Waals surface area (Å²) in [7, 11) is 0. The number of hydrogen-bond acceptors (Lipinski definition) is 2. The molecule has 0 bridgehead atoms. The Morgan fingerprint density at radius 1 is 1.08 bits per heavy atom. The molecule has 0 saturated carbocycles. The first kappa shape index (κ1) is 18.6. The topological polar surface area (TPSA) is 66.4 Å². The van der Waals surface area contributed by atoms with Crippen molar-refractivity contribution in [3.63, 3.8) is 0 Å². The minimum absolute atomic E-state index is 0.176. The molecule has 2 N–H and O–H groups in total. The molecule has 0 radical (unpaired) electrons. The van der Waals surface area contributed by atoms with Crippen LogP contribution in [-0.4, -0.2) is 17.0 Å². The number of carboxylic acids is 1. The van der Waals surface area contributed by atoms with Crippen molar-refractivity contribution in [2.45, 2.75) is 39.7 Å². The number of rotatable bonds is 6. The number of carbonyl (C=O) groups excluding carboxylic acids is 1. The third-order valence-electron chi connectivity index (χ3n) is 4.16. The number of carboxylic acid groups (broad SMARTS) is 1. The number of halogens is 1. The maximum absolute atomic E-state index is 13.1. The third-order valence-corrected chi connectivity index (χ3v) is 4.16. The Labute approximate surface area is 146 Å². The highest BCUT2D eigenvalue weighted by atomic mass is 19.1. The average molecular weight is 343 g/mol. The molecule has 4 nitrogen and oxygen atoms in total. The van der Waals surface area contributed by atoms with E-state index in [1.807, 2.05) is 32.9 Å². The molecule has 5 heteroatoms. The molecule has 0 heterocycles. The number of aliphatic carboxylic acids is 1. The molecule has 0 fully saturated rings. The minimum atomic E-state index is -1.03. The van der Waals surface area contributed by atoms with E-state index in [2.05, 4.69) is 5.32 Å².